The summed E-state index contributed by atoms with van der Waals surface area (Å²) < 4.78 is 21.0. The Morgan fingerprint density at radius 3 is 2.55 bits per heavy atom. The van der Waals surface area contributed by atoms with Gasteiger partial charge in [0.2, 0.25) is 0 Å². The van der Waals surface area contributed by atoms with E-state index in [9.17, 15) is 9.50 Å². The van der Waals surface area contributed by atoms with E-state index < -0.39 is 0 Å². The lowest BCUT2D eigenvalue weighted by Gasteiger charge is -2.48. The maximum atomic E-state index is 14.9. The average Bonchev–Trinajstić information content (AvgIpc) is 2.69. The van der Waals surface area contributed by atoms with E-state index in [1.165, 1.54) is 0 Å². The third-order valence-electron chi connectivity index (χ3n) is 6.40. The molecule has 0 bridgehead atoms. The number of fused-ring (bicyclic) bond motifs is 1. The highest BCUT2D eigenvalue weighted by Crippen LogP contribution is 2.57. The number of allylic oxidation sites excluding steroid dienone is 3. The van der Waals surface area contributed by atoms with Gasteiger partial charge < -0.3 is 14.7 Å². The summed E-state index contributed by atoms with van der Waals surface area (Å²) in [5, 5.41) is 10.0. The smallest absolute Gasteiger partial charge is 0.126 e. The van der Waals surface area contributed by atoms with Crippen LogP contribution in [0.1, 0.15) is 41.9 Å². The number of benzene rings is 2. The molecule has 0 radical (unpaired) electrons. The number of rotatable bonds is 3. The van der Waals surface area contributed by atoms with Crippen molar-refractivity contribution in [2.45, 2.75) is 32.1 Å². The fourth-order valence-corrected chi connectivity index (χ4v) is 4.78. The number of aliphatic hydroxyl groups is 1. The lowest BCUT2D eigenvalue weighted by atomic mass is 9.60. The normalized spacial score (nSPS) is 26.1. The molecule has 2 aliphatic rings. The Hall–Kier alpha value is -2.75. The van der Waals surface area contributed by atoms with Crippen LogP contribution in [0.3, 0.4) is 0 Å². The van der Waals surface area contributed by atoms with E-state index in [4.69, 9.17) is 4.74 Å². The molecule has 1 saturated heterocycles. The molecular formula is C25H28FNO2. The molecule has 29 heavy (non-hydrogen) atoms. The van der Waals surface area contributed by atoms with Crippen molar-refractivity contribution in [1.29, 1.82) is 0 Å². The minimum Gasteiger partial charge on any atom is -0.508 e. The third-order valence-corrected chi connectivity index (χ3v) is 6.40. The molecule has 0 spiro atoms. The molecule has 2 aromatic carbocycles. The number of aliphatic hydroxyl groups excluding tert-OH is 1. The van der Waals surface area contributed by atoms with E-state index >= 15 is 0 Å². The molecule has 1 heterocycles. The predicted octanol–water partition coefficient (Wildman–Crippen LogP) is 5.83. The second-order valence-corrected chi connectivity index (χ2v) is 8.67. The van der Waals surface area contributed by atoms with Gasteiger partial charge in [-0.25, -0.2) is 4.39 Å². The van der Waals surface area contributed by atoms with E-state index in [0.29, 0.717) is 18.6 Å². The van der Waals surface area contributed by atoms with Gasteiger partial charge in [0.1, 0.15) is 17.3 Å². The maximum Gasteiger partial charge on any atom is 0.126 e. The van der Waals surface area contributed by atoms with E-state index in [1.807, 2.05) is 33.2 Å². The van der Waals surface area contributed by atoms with Crippen LogP contribution < -0.4 is 4.90 Å². The SMILES string of the molecule is Cc1ccc(F)c(C2COC3=CC(O)=CCC3(C)C2c2ccc(N(C)C)cc2)c1. The number of halogens is 1. The zero-order chi connectivity index (χ0) is 20.8. The van der Waals surface area contributed by atoms with Crippen LogP contribution in [0.25, 0.3) is 0 Å². The summed E-state index contributed by atoms with van der Waals surface area (Å²) in [6.45, 7) is 4.53. The van der Waals surface area contributed by atoms with Crippen LogP contribution in [-0.4, -0.2) is 25.8 Å². The van der Waals surface area contributed by atoms with Crippen LogP contribution >= 0.6 is 0 Å². The van der Waals surface area contributed by atoms with Gasteiger partial charge in [0.05, 0.1) is 6.61 Å². The highest BCUT2D eigenvalue weighted by molar-refractivity contribution is 5.49. The van der Waals surface area contributed by atoms with Crippen LogP contribution in [0.5, 0.6) is 0 Å². The molecule has 0 aromatic heterocycles. The van der Waals surface area contributed by atoms with Crippen molar-refractivity contribution in [3.8, 4) is 0 Å². The van der Waals surface area contributed by atoms with Gasteiger partial charge in [0.25, 0.3) is 0 Å². The number of hydrogen-bond acceptors (Lipinski definition) is 3. The van der Waals surface area contributed by atoms with Crippen molar-refractivity contribution >= 4 is 5.69 Å². The zero-order valence-corrected chi connectivity index (χ0v) is 17.4. The Morgan fingerprint density at radius 1 is 1.14 bits per heavy atom. The Balaban J connectivity index is 1.85. The number of ether oxygens (including phenoxy) is 1. The standard InChI is InChI=1S/C25H28FNO2/c1-16-5-10-22(26)20(13-16)21-15-29-23-14-19(28)11-12-25(23,2)24(21)17-6-8-18(9-7-17)27(3)4/h5-11,13-14,21,24,28H,12,15H2,1-4H3. The fourth-order valence-electron chi connectivity index (χ4n) is 4.78. The van der Waals surface area contributed by atoms with Crippen molar-refractivity contribution in [3.05, 3.63) is 88.6 Å². The molecule has 152 valence electrons. The largest absolute Gasteiger partial charge is 0.508 e. The number of hydrogen-bond donors (Lipinski definition) is 1. The molecule has 3 unspecified atom stereocenters. The zero-order valence-electron chi connectivity index (χ0n) is 17.4. The van der Waals surface area contributed by atoms with Gasteiger partial charge in [-0.15, -0.1) is 0 Å². The second-order valence-electron chi connectivity index (χ2n) is 8.67. The predicted molar refractivity (Wildman–Crippen MR) is 115 cm³/mol. The van der Waals surface area contributed by atoms with Crippen LogP contribution in [0.2, 0.25) is 0 Å². The van der Waals surface area contributed by atoms with Crippen molar-refractivity contribution < 1.29 is 14.2 Å². The molecule has 3 atom stereocenters. The summed E-state index contributed by atoms with van der Waals surface area (Å²) in [6, 6.07) is 13.8. The molecule has 0 amide bonds. The molecule has 1 aliphatic carbocycles. The third kappa shape index (κ3) is 3.41. The fraction of sp³-hybridized carbons (Fsp3) is 0.360. The first-order valence-electron chi connectivity index (χ1n) is 10.1. The van der Waals surface area contributed by atoms with Crippen molar-refractivity contribution in [2.75, 3.05) is 25.6 Å². The van der Waals surface area contributed by atoms with Crippen LogP contribution in [0, 0.1) is 18.2 Å². The summed E-state index contributed by atoms with van der Waals surface area (Å²) in [6.07, 6.45) is 4.20. The topological polar surface area (TPSA) is 32.7 Å². The summed E-state index contributed by atoms with van der Waals surface area (Å²) >= 11 is 0. The van der Waals surface area contributed by atoms with Crippen LogP contribution in [0.4, 0.5) is 10.1 Å². The van der Waals surface area contributed by atoms with E-state index in [-0.39, 0.29) is 28.8 Å². The van der Waals surface area contributed by atoms with Gasteiger partial charge in [-0.2, -0.15) is 0 Å². The van der Waals surface area contributed by atoms with E-state index in [1.54, 1.807) is 18.2 Å². The Kier molecular flexibility index (Phi) is 4.89. The lowest BCUT2D eigenvalue weighted by molar-refractivity contribution is 0.0337. The lowest BCUT2D eigenvalue weighted by Crippen LogP contribution is -2.40. The Bertz CT molecular complexity index is 977. The van der Waals surface area contributed by atoms with Crippen LogP contribution in [-0.2, 0) is 4.74 Å². The number of nitrogens with zero attached hydrogens (tertiary/aromatic N) is 1. The summed E-state index contributed by atoms with van der Waals surface area (Å²) in [5.41, 5.74) is 3.67. The van der Waals surface area contributed by atoms with E-state index in [0.717, 1.165) is 22.6 Å². The minimum absolute atomic E-state index is 0.0272. The van der Waals surface area contributed by atoms with Crippen molar-refractivity contribution in [1.82, 2.24) is 0 Å². The first-order chi connectivity index (χ1) is 13.8. The summed E-state index contributed by atoms with van der Waals surface area (Å²) in [5.74, 6) is 0.738. The van der Waals surface area contributed by atoms with Crippen LogP contribution in [0.15, 0.2) is 66.1 Å². The molecule has 4 rings (SSSR count). The molecule has 1 fully saturated rings. The van der Waals surface area contributed by atoms with Gasteiger partial charge in [-0.05, 0) is 48.7 Å². The van der Waals surface area contributed by atoms with Crippen molar-refractivity contribution in [3.63, 3.8) is 0 Å². The maximum absolute atomic E-state index is 14.9. The van der Waals surface area contributed by atoms with Crippen molar-refractivity contribution in [2.24, 2.45) is 5.41 Å². The van der Waals surface area contributed by atoms with Gasteiger partial charge >= 0.3 is 0 Å². The second kappa shape index (κ2) is 7.25. The first-order valence-corrected chi connectivity index (χ1v) is 10.1. The molecule has 1 N–H and O–H groups in total. The average molecular weight is 394 g/mol. The van der Waals surface area contributed by atoms with Gasteiger partial charge in [0.15, 0.2) is 0 Å². The van der Waals surface area contributed by atoms with Gasteiger partial charge in [-0.1, -0.05) is 36.8 Å². The molecule has 1 aliphatic heterocycles. The molecular weight excluding hydrogens is 365 g/mol. The quantitative estimate of drug-likeness (QED) is 0.712. The first kappa shape index (κ1) is 19.6. The Labute approximate surface area is 172 Å². The molecule has 2 aromatic rings. The monoisotopic (exact) mass is 393 g/mol. The highest BCUT2D eigenvalue weighted by Gasteiger charge is 2.49. The van der Waals surface area contributed by atoms with Gasteiger partial charge in [-0.3, -0.25) is 0 Å². The highest BCUT2D eigenvalue weighted by atomic mass is 19.1. The summed E-state index contributed by atoms with van der Waals surface area (Å²) in [7, 11) is 4.04. The molecule has 0 saturated carbocycles. The summed E-state index contributed by atoms with van der Waals surface area (Å²) in [4.78, 5) is 2.07. The number of anilines is 1. The molecule has 4 heteroatoms. The van der Waals surface area contributed by atoms with E-state index in [2.05, 4.69) is 36.1 Å². The van der Waals surface area contributed by atoms with Gasteiger partial charge in [0, 0.05) is 43.1 Å². The minimum atomic E-state index is -0.356. The Morgan fingerprint density at radius 2 is 1.86 bits per heavy atom. The number of aryl methyl sites for hydroxylation is 1. The molecule has 3 nitrogen and oxygen atoms in total.